The summed E-state index contributed by atoms with van der Waals surface area (Å²) in [6, 6.07) is 0. The topological polar surface area (TPSA) is 118 Å². The fourth-order valence-electron chi connectivity index (χ4n) is 1.16. The SMILES string of the molecule is C1CNCCNCCNCC[N-]1.C[C-]=O.C[C-]=O.C[C-]=O.C[C-]=O.[Ti]. The predicted molar refractivity (Wildman–Crippen MR) is 97.2 cm³/mol. The van der Waals surface area contributed by atoms with Gasteiger partial charge in [-0.1, -0.05) is 0 Å². The van der Waals surface area contributed by atoms with Crippen LogP contribution in [0.1, 0.15) is 27.7 Å². The molecule has 1 rings (SSSR count). The van der Waals surface area contributed by atoms with E-state index in [1.165, 1.54) is 52.8 Å². The third kappa shape index (κ3) is 83.0. The van der Waals surface area contributed by atoms with Gasteiger partial charge >= 0.3 is 0 Å². The van der Waals surface area contributed by atoms with Gasteiger partial charge in [-0.15, -0.1) is 13.1 Å². The zero-order valence-electron chi connectivity index (χ0n) is 15.7. The predicted octanol–water partition coefficient (Wildman–Crippen LogP) is -0.396. The Hall–Kier alpha value is -0.766. The van der Waals surface area contributed by atoms with Crippen LogP contribution in [0.2, 0.25) is 0 Å². The van der Waals surface area contributed by atoms with Gasteiger partial charge in [0.25, 0.3) is 0 Å². The van der Waals surface area contributed by atoms with Gasteiger partial charge in [-0.05, 0) is 13.1 Å². The first-order chi connectivity index (χ1) is 11.7. The minimum absolute atomic E-state index is 0. The zero-order chi connectivity index (χ0) is 19.3. The molecule has 0 aromatic heterocycles. The van der Waals surface area contributed by atoms with Crippen molar-refractivity contribution in [2.75, 3.05) is 52.4 Å². The van der Waals surface area contributed by atoms with Gasteiger partial charge in [0.15, 0.2) is 0 Å². The van der Waals surface area contributed by atoms with Gasteiger partial charge in [0.1, 0.15) is 0 Å². The molecule has 1 heterocycles. The first kappa shape index (κ1) is 35.4. The Labute approximate surface area is 167 Å². The fraction of sp³-hybridized carbons (Fsp3) is 0.750. The Morgan fingerprint density at radius 3 is 1.00 bits per heavy atom. The Morgan fingerprint density at radius 1 is 0.560 bits per heavy atom. The minimum Gasteiger partial charge on any atom is -0.660 e. The number of carbonyl (C=O) groups excluding carboxylic acids is 4. The van der Waals surface area contributed by atoms with Crippen LogP contribution in [0.5, 0.6) is 0 Å². The summed E-state index contributed by atoms with van der Waals surface area (Å²) >= 11 is 0. The molecular weight excluding hydrogens is 360 g/mol. The van der Waals surface area contributed by atoms with Crippen molar-refractivity contribution < 1.29 is 40.9 Å². The molecular formula is C16H31N4O4Ti-5. The molecule has 0 spiro atoms. The number of nitrogens with zero attached hydrogens (tertiary/aromatic N) is 1. The molecule has 0 aromatic carbocycles. The van der Waals surface area contributed by atoms with Gasteiger partial charge in [0.2, 0.25) is 0 Å². The van der Waals surface area contributed by atoms with E-state index in [9.17, 15) is 0 Å². The number of nitrogens with one attached hydrogen (secondary N) is 3. The van der Waals surface area contributed by atoms with Crippen molar-refractivity contribution in [3.63, 3.8) is 0 Å². The van der Waals surface area contributed by atoms with E-state index in [0.717, 1.165) is 52.4 Å². The second-order valence-electron chi connectivity index (χ2n) is 3.74. The molecule has 1 aliphatic heterocycles. The van der Waals surface area contributed by atoms with Crippen molar-refractivity contribution >= 4 is 25.1 Å². The number of rotatable bonds is 0. The van der Waals surface area contributed by atoms with Crippen molar-refractivity contribution in [3.8, 4) is 0 Å². The van der Waals surface area contributed by atoms with Crippen LogP contribution in [0.15, 0.2) is 0 Å². The molecule has 0 aliphatic carbocycles. The van der Waals surface area contributed by atoms with Crippen LogP contribution in [-0.2, 0) is 40.9 Å². The standard InChI is InChI=1S/C8H19N4.4C2H3O.Ti/c1-2-10-5-6-12-8-7-11-4-3-9-1;4*1-2-3;/h9-11H,1-8H2;4*1H3;/q5*-1;. The van der Waals surface area contributed by atoms with Gasteiger partial charge < -0.3 is 40.4 Å². The summed E-state index contributed by atoms with van der Waals surface area (Å²) < 4.78 is 0. The average molecular weight is 391 g/mol. The molecule has 0 amide bonds. The molecule has 1 fully saturated rings. The van der Waals surface area contributed by atoms with Gasteiger partial charge in [-0.2, -0.15) is 27.7 Å². The van der Waals surface area contributed by atoms with Crippen LogP contribution in [0.3, 0.4) is 0 Å². The van der Waals surface area contributed by atoms with Gasteiger partial charge in [-0.25, -0.2) is 0 Å². The molecule has 9 heteroatoms. The summed E-state index contributed by atoms with van der Waals surface area (Å²) in [6.45, 7) is 13.4. The molecule has 148 valence electrons. The number of hydrogen-bond acceptors (Lipinski definition) is 7. The van der Waals surface area contributed by atoms with Gasteiger partial charge in [0, 0.05) is 47.9 Å². The van der Waals surface area contributed by atoms with Crippen LogP contribution in [-0.4, -0.2) is 77.5 Å². The molecule has 0 unspecified atom stereocenters. The first-order valence-electron chi connectivity index (χ1n) is 7.57. The van der Waals surface area contributed by atoms with Crippen molar-refractivity contribution in [1.29, 1.82) is 0 Å². The maximum atomic E-state index is 8.68. The summed E-state index contributed by atoms with van der Waals surface area (Å²) in [5.41, 5.74) is 0. The summed E-state index contributed by atoms with van der Waals surface area (Å²) in [7, 11) is 0. The zero-order valence-corrected chi connectivity index (χ0v) is 17.3. The fourth-order valence-corrected chi connectivity index (χ4v) is 1.16. The van der Waals surface area contributed by atoms with E-state index in [1.807, 2.05) is 0 Å². The Balaban J connectivity index is -0.0000000858. The number of hydrogen-bond donors (Lipinski definition) is 3. The summed E-state index contributed by atoms with van der Waals surface area (Å²) in [5, 5.41) is 14.4. The largest absolute Gasteiger partial charge is 0.660 e. The van der Waals surface area contributed by atoms with Crippen LogP contribution < -0.4 is 16.0 Å². The van der Waals surface area contributed by atoms with Crippen molar-refractivity contribution in [2.45, 2.75) is 27.7 Å². The Bertz CT molecular complexity index is 181. The third-order valence-electron chi connectivity index (χ3n) is 1.85. The third-order valence-corrected chi connectivity index (χ3v) is 1.85. The summed E-state index contributed by atoms with van der Waals surface area (Å²) in [6.07, 6.45) is 6.00. The molecule has 1 aliphatic rings. The maximum absolute atomic E-state index is 8.68. The van der Waals surface area contributed by atoms with E-state index >= 15 is 0 Å². The molecule has 0 saturated carbocycles. The van der Waals surface area contributed by atoms with Crippen molar-refractivity contribution in [1.82, 2.24) is 16.0 Å². The molecule has 0 aromatic rings. The smallest absolute Gasteiger partial charge is 0.00772 e. The second-order valence-corrected chi connectivity index (χ2v) is 3.74. The van der Waals surface area contributed by atoms with E-state index in [4.69, 9.17) is 19.2 Å². The van der Waals surface area contributed by atoms with E-state index in [1.54, 1.807) is 0 Å². The molecule has 8 nitrogen and oxygen atoms in total. The molecule has 0 atom stereocenters. The quantitative estimate of drug-likeness (QED) is 0.380. The summed E-state index contributed by atoms with van der Waals surface area (Å²) in [5.74, 6) is 0. The van der Waals surface area contributed by atoms with Crippen molar-refractivity contribution in [2.24, 2.45) is 0 Å². The van der Waals surface area contributed by atoms with Crippen LogP contribution in [0, 0.1) is 0 Å². The van der Waals surface area contributed by atoms with E-state index < -0.39 is 0 Å². The van der Waals surface area contributed by atoms with E-state index in [0.29, 0.717) is 0 Å². The minimum atomic E-state index is 0. The molecule has 25 heavy (non-hydrogen) atoms. The first-order valence-corrected chi connectivity index (χ1v) is 7.57. The van der Waals surface area contributed by atoms with E-state index in [-0.39, 0.29) is 21.7 Å². The van der Waals surface area contributed by atoms with Gasteiger partial charge in [0.05, 0.1) is 0 Å². The van der Waals surface area contributed by atoms with E-state index in [2.05, 4.69) is 21.3 Å². The normalized spacial score (nSPS) is 13.6. The second kappa shape index (κ2) is 49.5. The monoisotopic (exact) mass is 391 g/mol. The summed E-state index contributed by atoms with van der Waals surface area (Å²) in [4.78, 5) is 34.7. The molecule has 0 bridgehead atoms. The maximum Gasteiger partial charge on any atom is 0.00772 e. The Kier molecular flexibility index (Phi) is 70.0. The van der Waals surface area contributed by atoms with Crippen LogP contribution in [0.25, 0.3) is 5.32 Å². The average Bonchev–Trinajstić information content (AvgIpc) is 2.51. The van der Waals surface area contributed by atoms with Crippen LogP contribution >= 0.6 is 0 Å². The van der Waals surface area contributed by atoms with Crippen molar-refractivity contribution in [3.05, 3.63) is 5.32 Å². The molecule has 1 saturated heterocycles. The molecule has 0 radical (unpaired) electrons. The Morgan fingerprint density at radius 2 is 0.760 bits per heavy atom. The van der Waals surface area contributed by atoms with Crippen LogP contribution in [0.4, 0.5) is 0 Å². The molecule has 3 N–H and O–H groups in total. The van der Waals surface area contributed by atoms with Gasteiger partial charge in [-0.3, -0.25) is 25.1 Å².